The first kappa shape index (κ1) is 22.3. The smallest absolute Gasteiger partial charge is 0.326 e. The van der Waals surface area contributed by atoms with Crippen LogP contribution in [0, 0.1) is 5.82 Å². The van der Waals surface area contributed by atoms with Gasteiger partial charge < -0.3 is 14.6 Å². The number of nitrogens with one attached hydrogen (secondary N) is 1. The molecule has 0 saturated carbocycles. The molecule has 0 saturated heterocycles. The molecule has 1 atom stereocenters. The molecule has 2 amide bonds. The molecule has 1 N–H and O–H groups in total. The van der Waals surface area contributed by atoms with Gasteiger partial charge >= 0.3 is 6.03 Å². The number of hydrogen-bond donors (Lipinski definition) is 1. The SMILES string of the molecule is CCOc1ccc(N2C(=O)NC(c3ccccc3)C(c3nc(-c4ccc(F)cc4)no3)=C2C)cc1. The fourth-order valence-electron chi connectivity index (χ4n) is 4.13. The Labute approximate surface area is 201 Å². The number of halogens is 1. The Kier molecular flexibility index (Phi) is 6.01. The van der Waals surface area contributed by atoms with Crippen molar-refractivity contribution in [1.29, 1.82) is 0 Å². The summed E-state index contributed by atoms with van der Waals surface area (Å²) < 4.78 is 24.6. The molecule has 1 aromatic heterocycles. The van der Waals surface area contributed by atoms with Crippen molar-refractivity contribution in [3.05, 3.63) is 102 Å². The van der Waals surface area contributed by atoms with Crippen LogP contribution in [0.1, 0.15) is 31.3 Å². The van der Waals surface area contributed by atoms with Crippen molar-refractivity contribution in [2.75, 3.05) is 11.5 Å². The predicted molar refractivity (Wildman–Crippen MR) is 130 cm³/mol. The van der Waals surface area contributed by atoms with Crippen LogP contribution in [0.15, 0.2) is 89.1 Å². The highest BCUT2D eigenvalue weighted by atomic mass is 19.1. The number of urea groups is 1. The standard InChI is InChI=1S/C27H23FN4O3/c1-3-34-22-15-13-21(14-16-22)32-17(2)23(24(29-27(32)33)18-7-5-4-6-8-18)26-30-25(31-35-26)19-9-11-20(28)12-10-19/h4-16,24H,3H2,1-2H3,(H,29,33). The summed E-state index contributed by atoms with van der Waals surface area (Å²) in [4.78, 5) is 19.5. The number of anilines is 1. The zero-order valence-electron chi connectivity index (χ0n) is 19.2. The van der Waals surface area contributed by atoms with Crippen molar-refractivity contribution in [1.82, 2.24) is 15.5 Å². The van der Waals surface area contributed by atoms with Gasteiger partial charge in [0.15, 0.2) is 0 Å². The van der Waals surface area contributed by atoms with Crippen LogP contribution < -0.4 is 15.0 Å². The van der Waals surface area contributed by atoms with Crippen LogP contribution in [0.25, 0.3) is 17.0 Å². The van der Waals surface area contributed by atoms with E-state index in [1.807, 2.05) is 68.4 Å². The van der Waals surface area contributed by atoms with E-state index in [9.17, 15) is 9.18 Å². The topological polar surface area (TPSA) is 80.5 Å². The van der Waals surface area contributed by atoms with Crippen LogP contribution in [-0.2, 0) is 0 Å². The summed E-state index contributed by atoms with van der Waals surface area (Å²) in [5, 5.41) is 7.19. The van der Waals surface area contributed by atoms with Crippen molar-refractivity contribution in [2.45, 2.75) is 19.9 Å². The second kappa shape index (κ2) is 9.42. The molecule has 35 heavy (non-hydrogen) atoms. The number of aromatic nitrogens is 2. The summed E-state index contributed by atoms with van der Waals surface area (Å²) in [7, 11) is 0. The maximum absolute atomic E-state index is 13.4. The lowest BCUT2D eigenvalue weighted by Gasteiger charge is -2.35. The van der Waals surface area contributed by atoms with E-state index < -0.39 is 6.04 Å². The highest BCUT2D eigenvalue weighted by Crippen LogP contribution is 2.39. The number of nitrogens with zero attached hydrogens (tertiary/aromatic N) is 3. The molecule has 3 aromatic carbocycles. The van der Waals surface area contributed by atoms with Crippen molar-refractivity contribution in [3.8, 4) is 17.1 Å². The number of rotatable bonds is 6. The number of benzene rings is 3. The van der Waals surface area contributed by atoms with Crippen molar-refractivity contribution < 1.29 is 18.4 Å². The quantitative estimate of drug-likeness (QED) is 0.375. The lowest BCUT2D eigenvalue weighted by molar-refractivity contribution is 0.244. The van der Waals surface area contributed by atoms with E-state index in [0.29, 0.717) is 35.0 Å². The van der Waals surface area contributed by atoms with Gasteiger partial charge in [0.1, 0.15) is 11.6 Å². The Balaban J connectivity index is 1.61. The fourth-order valence-corrected chi connectivity index (χ4v) is 4.13. The average Bonchev–Trinajstić information content (AvgIpc) is 3.35. The van der Waals surface area contributed by atoms with E-state index in [4.69, 9.17) is 9.26 Å². The number of carbonyl (C=O) groups excluding carboxylic acids is 1. The lowest BCUT2D eigenvalue weighted by atomic mass is 9.94. The van der Waals surface area contributed by atoms with Crippen LogP contribution in [-0.4, -0.2) is 22.8 Å². The fraction of sp³-hybridized carbons (Fsp3) is 0.148. The molecule has 5 rings (SSSR count). The summed E-state index contributed by atoms with van der Waals surface area (Å²) in [5.41, 5.74) is 3.50. The third kappa shape index (κ3) is 4.38. The average molecular weight is 471 g/mol. The molecule has 1 aliphatic rings. The van der Waals surface area contributed by atoms with Gasteiger partial charge in [-0.2, -0.15) is 4.98 Å². The molecule has 0 fully saturated rings. The minimum atomic E-state index is -0.496. The van der Waals surface area contributed by atoms with Gasteiger partial charge in [-0.25, -0.2) is 9.18 Å². The van der Waals surface area contributed by atoms with E-state index in [0.717, 1.165) is 11.3 Å². The molecule has 0 spiro atoms. The molecule has 4 aromatic rings. The summed E-state index contributed by atoms with van der Waals surface area (Å²) in [5.74, 6) is 0.975. The number of carbonyl (C=O) groups is 1. The minimum absolute atomic E-state index is 0.270. The van der Waals surface area contributed by atoms with Crippen LogP contribution in [0.3, 0.4) is 0 Å². The first-order valence-corrected chi connectivity index (χ1v) is 11.2. The highest BCUT2D eigenvalue weighted by Gasteiger charge is 2.36. The third-order valence-corrected chi connectivity index (χ3v) is 5.78. The van der Waals surface area contributed by atoms with Gasteiger partial charge in [0.25, 0.3) is 5.89 Å². The van der Waals surface area contributed by atoms with E-state index in [1.54, 1.807) is 17.0 Å². The van der Waals surface area contributed by atoms with Crippen molar-refractivity contribution in [3.63, 3.8) is 0 Å². The third-order valence-electron chi connectivity index (χ3n) is 5.78. The number of hydrogen-bond acceptors (Lipinski definition) is 5. The molecule has 0 aliphatic carbocycles. The molecule has 1 unspecified atom stereocenters. The minimum Gasteiger partial charge on any atom is -0.494 e. The lowest BCUT2D eigenvalue weighted by Crippen LogP contribution is -2.46. The van der Waals surface area contributed by atoms with Crippen molar-refractivity contribution in [2.24, 2.45) is 0 Å². The van der Waals surface area contributed by atoms with Gasteiger partial charge in [-0.05, 0) is 67.9 Å². The van der Waals surface area contributed by atoms with E-state index in [1.165, 1.54) is 12.1 Å². The second-order valence-electron chi connectivity index (χ2n) is 7.98. The number of amides is 2. The van der Waals surface area contributed by atoms with Crippen LogP contribution in [0.2, 0.25) is 0 Å². The molecule has 0 bridgehead atoms. The van der Waals surface area contributed by atoms with Gasteiger partial charge in [-0.1, -0.05) is 35.5 Å². The van der Waals surface area contributed by atoms with E-state index in [2.05, 4.69) is 15.5 Å². The zero-order chi connectivity index (χ0) is 24.4. The van der Waals surface area contributed by atoms with Gasteiger partial charge in [-0.15, -0.1) is 0 Å². The Morgan fingerprint density at radius 2 is 1.74 bits per heavy atom. The molecule has 176 valence electrons. The molecule has 0 radical (unpaired) electrons. The van der Waals surface area contributed by atoms with Crippen molar-refractivity contribution >= 4 is 17.3 Å². The molecule has 1 aliphatic heterocycles. The van der Waals surface area contributed by atoms with Crippen LogP contribution in [0.4, 0.5) is 14.9 Å². The molecular weight excluding hydrogens is 447 g/mol. The monoisotopic (exact) mass is 470 g/mol. The van der Waals surface area contributed by atoms with Gasteiger partial charge in [0.05, 0.1) is 23.9 Å². The van der Waals surface area contributed by atoms with Crippen LogP contribution in [0.5, 0.6) is 5.75 Å². The predicted octanol–water partition coefficient (Wildman–Crippen LogP) is 5.98. The second-order valence-corrected chi connectivity index (χ2v) is 7.98. The molecular formula is C27H23FN4O3. The Bertz CT molecular complexity index is 1370. The highest BCUT2D eigenvalue weighted by molar-refractivity contribution is 6.01. The Morgan fingerprint density at radius 1 is 1.03 bits per heavy atom. The first-order chi connectivity index (χ1) is 17.0. The normalized spacial score (nSPS) is 15.8. The van der Waals surface area contributed by atoms with E-state index in [-0.39, 0.29) is 17.7 Å². The zero-order valence-corrected chi connectivity index (χ0v) is 19.2. The summed E-state index contributed by atoms with van der Waals surface area (Å²) >= 11 is 0. The maximum Gasteiger partial charge on any atom is 0.326 e. The summed E-state index contributed by atoms with van der Waals surface area (Å²) in [6.07, 6.45) is 0. The summed E-state index contributed by atoms with van der Waals surface area (Å²) in [6.45, 7) is 4.32. The van der Waals surface area contributed by atoms with Gasteiger partial charge in [0, 0.05) is 11.3 Å². The Morgan fingerprint density at radius 3 is 2.43 bits per heavy atom. The Hall–Kier alpha value is -4.46. The maximum atomic E-state index is 13.4. The van der Waals surface area contributed by atoms with Crippen LogP contribution >= 0.6 is 0 Å². The molecule has 2 heterocycles. The largest absolute Gasteiger partial charge is 0.494 e. The first-order valence-electron chi connectivity index (χ1n) is 11.2. The van der Waals surface area contributed by atoms with Gasteiger partial charge in [0.2, 0.25) is 5.82 Å². The molecule has 8 heteroatoms. The number of allylic oxidation sites excluding steroid dienone is 1. The van der Waals surface area contributed by atoms with Gasteiger partial charge in [-0.3, -0.25) is 4.90 Å². The summed E-state index contributed by atoms with van der Waals surface area (Å²) in [6, 6.07) is 22.0. The van der Waals surface area contributed by atoms with E-state index >= 15 is 0 Å². The molecule has 7 nitrogen and oxygen atoms in total. The number of ether oxygens (including phenoxy) is 1.